The van der Waals surface area contributed by atoms with E-state index in [2.05, 4.69) is 10.5 Å². The van der Waals surface area contributed by atoms with Crippen LogP contribution in [-0.2, 0) is 4.79 Å². The van der Waals surface area contributed by atoms with Crippen LogP contribution in [0.15, 0.2) is 41.5 Å². The Labute approximate surface area is 145 Å². The maximum Gasteiger partial charge on any atom is 0.281 e. The Morgan fingerprint density at radius 3 is 2.83 bits per heavy atom. The van der Waals surface area contributed by atoms with E-state index in [1.54, 1.807) is 24.3 Å². The lowest BCUT2D eigenvalue weighted by Crippen LogP contribution is -2.31. The third-order valence-electron chi connectivity index (χ3n) is 3.16. The van der Waals surface area contributed by atoms with Gasteiger partial charge in [-0.05, 0) is 24.3 Å². The zero-order valence-electron chi connectivity index (χ0n) is 12.6. The first kappa shape index (κ1) is 16.3. The molecule has 2 aromatic rings. The summed E-state index contributed by atoms with van der Waals surface area (Å²) in [5.41, 5.74) is 2.97. The number of amides is 2. The van der Waals surface area contributed by atoms with E-state index in [0.29, 0.717) is 21.5 Å². The van der Waals surface area contributed by atoms with Crippen molar-refractivity contribution in [3.8, 4) is 10.8 Å². The number of nitrogens with one attached hydrogen (secondary N) is 1. The fourth-order valence-electron chi connectivity index (χ4n) is 2.10. The third-order valence-corrected chi connectivity index (χ3v) is 4.97. The predicted molar refractivity (Wildman–Crippen MR) is 93.8 cm³/mol. The quantitative estimate of drug-likeness (QED) is 0.813. The van der Waals surface area contributed by atoms with Crippen molar-refractivity contribution in [2.24, 2.45) is 5.10 Å². The molecule has 0 aliphatic carbocycles. The normalized spacial score (nSPS) is 15.8. The minimum Gasteiger partial charge on any atom is -0.499 e. The summed E-state index contributed by atoms with van der Waals surface area (Å²) in [5.74, 6) is 0.168. The van der Waals surface area contributed by atoms with Crippen molar-refractivity contribution < 1.29 is 19.4 Å². The molecule has 0 unspecified atom stereocenters. The Bertz CT molecular complexity index is 819. The molecule has 2 N–H and O–H groups in total. The lowest BCUT2D eigenvalue weighted by molar-refractivity contribution is -0.115. The summed E-state index contributed by atoms with van der Waals surface area (Å²) in [7, 11) is 1.52. The summed E-state index contributed by atoms with van der Waals surface area (Å²) < 4.78 is 5.28. The number of aromatic hydroxyl groups is 1. The predicted octanol–water partition coefficient (Wildman–Crippen LogP) is 2.24. The van der Waals surface area contributed by atoms with Crippen LogP contribution in [0.1, 0.15) is 9.67 Å². The average Bonchev–Trinajstić information content (AvgIpc) is 3.18. The van der Waals surface area contributed by atoms with Crippen LogP contribution in [0.25, 0.3) is 0 Å². The van der Waals surface area contributed by atoms with Crippen LogP contribution in [0.4, 0.5) is 5.69 Å². The second-order valence-electron chi connectivity index (χ2n) is 4.66. The second-order valence-corrected chi connectivity index (χ2v) is 6.67. The Morgan fingerprint density at radius 2 is 2.12 bits per heavy atom. The number of benzene rings is 1. The first-order valence-corrected chi connectivity index (χ1v) is 8.66. The van der Waals surface area contributed by atoms with Crippen LogP contribution in [0.2, 0.25) is 0 Å². The van der Waals surface area contributed by atoms with Crippen molar-refractivity contribution in [1.29, 1.82) is 0 Å². The number of ether oxygens (including phenoxy) is 1. The number of amidine groups is 1. The zero-order valence-corrected chi connectivity index (χ0v) is 14.2. The number of thioether (sulfide) groups is 1. The molecule has 2 amide bonds. The van der Waals surface area contributed by atoms with Gasteiger partial charge in [0.15, 0.2) is 10.2 Å². The molecule has 0 bridgehead atoms. The minimum atomic E-state index is -0.451. The van der Waals surface area contributed by atoms with Gasteiger partial charge in [0.25, 0.3) is 5.91 Å². The molecule has 9 heteroatoms. The highest BCUT2D eigenvalue weighted by Crippen LogP contribution is 2.33. The first-order valence-electron chi connectivity index (χ1n) is 6.85. The molecular weight excluding hydrogens is 350 g/mol. The van der Waals surface area contributed by atoms with Crippen LogP contribution < -0.4 is 15.1 Å². The van der Waals surface area contributed by atoms with Gasteiger partial charge in [0.2, 0.25) is 5.91 Å². The van der Waals surface area contributed by atoms with Gasteiger partial charge in [-0.15, -0.1) is 5.10 Å². The number of methoxy groups -OCH3 is 1. The number of hydrogen-bond donors (Lipinski definition) is 2. The van der Waals surface area contributed by atoms with Crippen molar-refractivity contribution in [3.05, 3.63) is 41.3 Å². The van der Waals surface area contributed by atoms with Crippen molar-refractivity contribution in [2.75, 3.05) is 17.8 Å². The number of rotatable bonds is 4. The number of para-hydroxylation sites is 2. The molecule has 124 valence electrons. The van der Waals surface area contributed by atoms with E-state index >= 15 is 0 Å². The van der Waals surface area contributed by atoms with Gasteiger partial charge < -0.3 is 9.84 Å². The highest BCUT2D eigenvalue weighted by atomic mass is 32.2. The lowest BCUT2D eigenvalue weighted by Gasteiger charge is -2.18. The van der Waals surface area contributed by atoms with E-state index in [9.17, 15) is 14.7 Å². The van der Waals surface area contributed by atoms with Crippen molar-refractivity contribution in [3.63, 3.8) is 0 Å². The summed E-state index contributed by atoms with van der Waals surface area (Å²) in [6.07, 6.45) is 0. The standard InChI is InChI=1S/C15H13N3O4S2/c1-22-10-5-3-2-4-9(10)18-12(19)8-23-15(18)17-16-14(21)11-6-7-13(20)24-11/h2-7,20H,8H2,1H3,(H,16,21)/b17-15+. The van der Waals surface area contributed by atoms with Gasteiger partial charge >= 0.3 is 0 Å². The Kier molecular flexibility index (Phi) is 4.72. The molecule has 3 rings (SSSR count). The second kappa shape index (κ2) is 6.93. The smallest absolute Gasteiger partial charge is 0.281 e. The van der Waals surface area contributed by atoms with Gasteiger partial charge in [0.05, 0.1) is 23.4 Å². The maximum atomic E-state index is 12.2. The van der Waals surface area contributed by atoms with Crippen LogP contribution in [0.3, 0.4) is 0 Å². The van der Waals surface area contributed by atoms with Crippen molar-refractivity contribution >= 4 is 45.8 Å². The van der Waals surface area contributed by atoms with E-state index < -0.39 is 5.91 Å². The molecule has 1 aromatic heterocycles. The number of hydrogen-bond acceptors (Lipinski definition) is 7. The molecule has 24 heavy (non-hydrogen) atoms. The number of hydrazone groups is 1. The maximum absolute atomic E-state index is 12.2. The fourth-order valence-corrected chi connectivity index (χ4v) is 3.56. The van der Waals surface area contributed by atoms with E-state index in [1.165, 1.54) is 35.9 Å². The minimum absolute atomic E-state index is 0.0499. The molecular formula is C15H13N3O4S2. The molecule has 0 saturated carbocycles. The molecule has 0 radical (unpaired) electrons. The molecule has 7 nitrogen and oxygen atoms in total. The fraction of sp³-hybridized carbons (Fsp3) is 0.133. The lowest BCUT2D eigenvalue weighted by atomic mass is 10.2. The van der Waals surface area contributed by atoms with Gasteiger partial charge in [0, 0.05) is 0 Å². The van der Waals surface area contributed by atoms with E-state index in [4.69, 9.17) is 4.74 Å². The number of carbonyl (C=O) groups is 2. The number of anilines is 1. The summed E-state index contributed by atoms with van der Waals surface area (Å²) in [5, 5.41) is 13.8. The summed E-state index contributed by atoms with van der Waals surface area (Å²) in [6.45, 7) is 0. The summed E-state index contributed by atoms with van der Waals surface area (Å²) in [4.78, 5) is 25.9. The van der Waals surface area contributed by atoms with Gasteiger partial charge in [-0.25, -0.2) is 5.43 Å². The molecule has 0 atom stereocenters. The Hall–Kier alpha value is -2.52. The SMILES string of the molecule is COc1ccccc1N1C(=O)CS/C1=N/NC(=O)c1ccc(O)s1. The Morgan fingerprint density at radius 1 is 1.33 bits per heavy atom. The highest BCUT2D eigenvalue weighted by Gasteiger charge is 2.32. The van der Waals surface area contributed by atoms with Crippen LogP contribution in [0.5, 0.6) is 10.8 Å². The van der Waals surface area contributed by atoms with E-state index in [0.717, 1.165) is 11.3 Å². The highest BCUT2D eigenvalue weighted by molar-refractivity contribution is 8.15. The molecule has 1 aliphatic rings. The monoisotopic (exact) mass is 363 g/mol. The molecule has 1 aromatic carbocycles. The molecule has 1 saturated heterocycles. The number of nitrogens with zero attached hydrogens (tertiary/aromatic N) is 2. The van der Waals surface area contributed by atoms with Gasteiger partial charge in [-0.3, -0.25) is 14.5 Å². The van der Waals surface area contributed by atoms with Crippen LogP contribution in [0, 0.1) is 0 Å². The van der Waals surface area contributed by atoms with Gasteiger partial charge in [-0.2, -0.15) is 0 Å². The van der Waals surface area contributed by atoms with E-state index in [1.807, 2.05) is 0 Å². The number of carbonyl (C=O) groups excluding carboxylic acids is 2. The van der Waals surface area contributed by atoms with E-state index in [-0.39, 0.29) is 16.7 Å². The van der Waals surface area contributed by atoms with Crippen LogP contribution in [-0.4, -0.2) is 35.0 Å². The van der Waals surface area contributed by atoms with Crippen LogP contribution >= 0.6 is 23.1 Å². The zero-order chi connectivity index (χ0) is 17.1. The average molecular weight is 363 g/mol. The molecule has 0 spiro atoms. The first-order chi connectivity index (χ1) is 11.6. The molecule has 1 fully saturated rings. The van der Waals surface area contributed by atoms with Crippen molar-refractivity contribution in [1.82, 2.24) is 5.43 Å². The summed E-state index contributed by atoms with van der Waals surface area (Å²) in [6, 6.07) is 10.0. The molecule has 1 aliphatic heterocycles. The van der Waals surface area contributed by atoms with Crippen molar-refractivity contribution in [2.45, 2.75) is 0 Å². The largest absolute Gasteiger partial charge is 0.499 e. The topological polar surface area (TPSA) is 91.2 Å². The molecule has 2 heterocycles. The van der Waals surface area contributed by atoms with Gasteiger partial charge in [0.1, 0.15) is 5.75 Å². The number of thiophene rings is 1. The van der Waals surface area contributed by atoms with Gasteiger partial charge in [-0.1, -0.05) is 35.2 Å². The third kappa shape index (κ3) is 3.22. The summed E-state index contributed by atoms with van der Waals surface area (Å²) >= 11 is 2.17. The Balaban J connectivity index is 1.84.